The first-order valence-electron chi connectivity index (χ1n) is 32.9. The quantitative estimate of drug-likeness (QED) is 0.191. The van der Waals surface area contributed by atoms with E-state index in [4.69, 9.17) is 0 Å². The van der Waals surface area contributed by atoms with Gasteiger partial charge < -0.3 is 49.6 Å². The Morgan fingerprint density at radius 3 is 1.36 bits per heavy atom. The van der Waals surface area contributed by atoms with Gasteiger partial charge in [-0.1, -0.05) is 104 Å². The van der Waals surface area contributed by atoms with E-state index in [9.17, 15) is 43.5 Å². The fourth-order valence-electron chi connectivity index (χ4n) is 12.6. The molecule has 0 aromatic rings. The maximum Gasteiger partial charge on any atom is 0.246 e. The zero-order valence-corrected chi connectivity index (χ0v) is 59.9. The van der Waals surface area contributed by atoms with E-state index in [1.165, 1.54) is 90.6 Å². The predicted octanol–water partition coefficient (Wildman–Crippen LogP) is 6.01. The number of carbonyl (C=O) groups excluding carboxylic acids is 11. The molecule has 2 heterocycles. The Morgan fingerprint density at radius 1 is 0.472 bits per heavy atom. The van der Waals surface area contributed by atoms with E-state index in [2.05, 4.69) is 10.2 Å². The molecule has 0 bridgehead atoms. The van der Waals surface area contributed by atoms with Crippen LogP contribution < -0.4 is 5.32 Å². The Hall–Kier alpha value is -4.96. The minimum atomic E-state index is -1.48. The number of aliphatic hydroxyl groups is 1. The van der Waals surface area contributed by atoms with Crippen LogP contribution in [0.2, 0.25) is 0 Å². The number of thioether (sulfide) groups is 1. The summed E-state index contributed by atoms with van der Waals surface area (Å²) in [5, 5.41) is 15.2. The summed E-state index contributed by atoms with van der Waals surface area (Å²) in [5.41, 5.74) is 0. The Bertz CT molecular complexity index is 2410. The first kappa shape index (κ1) is 80.1. The number of hydrogen-bond acceptors (Lipinski definition) is 14. The first-order valence-corrected chi connectivity index (χ1v) is 34.1. The second kappa shape index (κ2) is 36.3. The molecule has 0 spiro atoms. The number of nitrogens with zero attached hydrogens (tertiary/aromatic N) is 8. The van der Waals surface area contributed by atoms with Gasteiger partial charge in [0, 0.05) is 111 Å². The number of amides is 8. The molecule has 2 aliphatic heterocycles. The zero-order valence-electron chi connectivity index (χ0n) is 59.1. The third kappa shape index (κ3) is 21.8. The van der Waals surface area contributed by atoms with Crippen LogP contribution in [0.5, 0.6) is 0 Å². The third-order valence-corrected chi connectivity index (χ3v) is 19.6. The largest absolute Gasteiger partial charge is 0.390 e. The van der Waals surface area contributed by atoms with Crippen LogP contribution in [-0.4, -0.2) is 244 Å². The van der Waals surface area contributed by atoms with Gasteiger partial charge >= 0.3 is 0 Å². The number of nitrogens with one attached hydrogen (secondary N) is 1. The molecule has 0 aliphatic carbocycles. The fourth-order valence-corrected chi connectivity index (χ4v) is 13.6. The van der Waals surface area contributed by atoms with Gasteiger partial charge in [-0.05, 0) is 93.9 Å². The molecule has 2 fully saturated rings. The van der Waals surface area contributed by atoms with Gasteiger partial charge in [-0.3, -0.25) is 52.7 Å². The van der Waals surface area contributed by atoms with Gasteiger partial charge in [-0.15, -0.1) is 0 Å². The molecule has 0 aromatic heterocycles. The number of Topliss-reactive ketones (excluding diaryl/α,β-unsaturated/α-hetero) is 3. The summed E-state index contributed by atoms with van der Waals surface area (Å²) >= 11 is 1.87. The van der Waals surface area contributed by atoms with Gasteiger partial charge in [-0.25, -0.2) is 0 Å². The van der Waals surface area contributed by atoms with Gasteiger partial charge in [0.2, 0.25) is 47.3 Å². The summed E-state index contributed by atoms with van der Waals surface area (Å²) < 4.78 is 0. The molecule has 8 amide bonds. The normalized spacial score (nSPS) is 28.5. The lowest BCUT2D eigenvalue weighted by Gasteiger charge is -2.42. The van der Waals surface area contributed by atoms with E-state index in [1.807, 2.05) is 74.1 Å². The Kier molecular flexibility index (Phi) is 32.7. The second-order valence-corrected chi connectivity index (χ2v) is 29.6. The molecule has 0 radical (unpaired) electrons. The van der Waals surface area contributed by atoms with Crippen molar-refractivity contribution in [2.24, 2.45) is 59.2 Å². The lowest BCUT2D eigenvalue weighted by molar-refractivity contribution is -0.157. The number of hydrogen-bond donors (Lipinski definition) is 2. The molecular weight excluding hydrogens is 1150 g/mol. The van der Waals surface area contributed by atoms with Crippen LogP contribution in [0, 0.1) is 59.2 Å². The van der Waals surface area contributed by atoms with Gasteiger partial charge in [0.05, 0.1) is 18.2 Å². The molecule has 89 heavy (non-hydrogen) atoms. The minimum absolute atomic E-state index is 0.0671. The lowest BCUT2D eigenvalue weighted by atomic mass is 9.84. The summed E-state index contributed by atoms with van der Waals surface area (Å²) in [4.78, 5) is 174. The van der Waals surface area contributed by atoms with E-state index >= 15 is 14.4 Å². The average Bonchev–Trinajstić information content (AvgIpc) is 2.02. The minimum Gasteiger partial charge on any atom is -0.390 e. The number of rotatable bonds is 15. The van der Waals surface area contributed by atoms with Crippen molar-refractivity contribution in [3.63, 3.8) is 0 Å². The van der Waals surface area contributed by atoms with Crippen LogP contribution >= 0.6 is 11.8 Å². The lowest BCUT2D eigenvalue weighted by Crippen LogP contribution is -2.62. The van der Waals surface area contributed by atoms with Crippen molar-refractivity contribution in [3.8, 4) is 0 Å². The molecule has 2 rings (SSSR count). The van der Waals surface area contributed by atoms with Gasteiger partial charge in [0.15, 0.2) is 17.3 Å². The molecule has 21 nitrogen and oxygen atoms in total. The van der Waals surface area contributed by atoms with E-state index in [0.29, 0.717) is 13.0 Å². The van der Waals surface area contributed by atoms with Crippen molar-refractivity contribution < 1.29 is 57.8 Å². The van der Waals surface area contributed by atoms with Crippen molar-refractivity contribution >= 4 is 76.4 Å². The first-order chi connectivity index (χ1) is 41.2. The van der Waals surface area contributed by atoms with Gasteiger partial charge in [0.1, 0.15) is 36.3 Å². The smallest absolute Gasteiger partial charge is 0.246 e. The Morgan fingerprint density at radius 2 is 0.899 bits per heavy atom. The molecule has 2 saturated heterocycles. The highest BCUT2D eigenvalue weighted by molar-refractivity contribution is 7.99. The van der Waals surface area contributed by atoms with E-state index in [1.54, 1.807) is 48.5 Å². The Balaban J connectivity index is 2.98. The van der Waals surface area contributed by atoms with Crippen LogP contribution in [0.25, 0.3) is 0 Å². The molecule has 2 N–H and O–H groups in total. The van der Waals surface area contributed by atoms with Crippen LogP contribution in [0.15, 0.2) is 0 Å². The molecule has 1 unspecified atom stereocenters. The van der Waals surface area contributed by atoms with Crippen molar-refractivity contribution in [2.75, 3.05) is 80.5 Å². The summed E-state index contributed by atoms with van der Waals surface area (Å²) in [6.45, 7) is 32.7. The van der Waals surface area contributed by atoms with Crippen molar-refractivity contribution in [2.45, 2.75) is 224 Å². The van der Waals surface area contributed by atoms with Gasteiger partial charge in [0.25, 0.3) is 0 Å². The SMILES string of the molecule is CC[C@H]1CC(=O)[C@@H]([C@H](O)[C@H](C)CCN2CCSCC2)N(C)C(=O)[C@@H](C(C)C)N(C)C(=O)[C@@H](CC(C)C)N(C)C(=O)C(C(C)C)N(C)C(=O)[C@H](C)NC(=O)[C@@H](C)CC(=O)[C@@H](CC(C)C)N(C)C(=O)[C@@H](C(C)C)CC(=O)[C@H](CC(C)C)N(C)C(=O)[C@@H](C)N(C)C1=O. The van der Waals surface area contributed by atoms with E-state index in [0.717, 1.165) is 24.6 Å². The molecule has 13 atom stereocenters. The number of carbonyl (C=O) groups is 11. The summed E-state index contributed by atoms with van der Waals surface area (Å²) in [6.07, 6.45) is -1.07. The molecule has 0 saturated carbocycles. The van der Waals surface area contributed by atoms with E-state index in [-0.39, 0.29) is 73.8 Å². The summed E-state index contributed by atoms with van der Waals surface area (Å²) in [5.74, 6) is -9.12. The Labute approximate surface area is 539 Å². The summed E-state index contributed by atoms with van der Waals surface area (Å²) in [6, 6.07) is -9.26. The number of ketones is 3. The van der Waals surface area contributed by atoms with Crippen LogP contribution in [0.4, 0.5) is 0 Å². The highest BCUT2D eigenvalue weighted by Crippen LogP contribution is 2.30. The van der Waals surface area contributed by atoms with Crippen molar-refractivity contribution in [3.05, 3.63) is 0 Å². The zero-order chi connectivity index (χ0) is 68.5. The third-order valence-electron chi connectivity index (χ3n) is 18.7. The van der Waals surface area contributed by atoms with Gasteiger partial charge in [-0.2, -0.15) is 11.8 Å². The summed E-state index contributed by atoms with van der Waals surface area (Å²) in [7, 11) is 10.3. The highest BCUT2D eigenvalue weighted by atomic mass is 32.2. The predicted molar refractivity (Wildman–Crippen MR) is 351 cm³/mol. The highest BCUT2D eigenvalue weighted by Gasteiger charge is 2.46. The van der Waals surface area contributed by atoms with Crippen LogP contribution in [0.3, 0.4) is 0 Å². The van der Waals surface area contributed by atoms with E-state index < -0.39 is 149 Å². The fraction of sp³-hybridized carbons (Fsp3) is 0.836. The maximum atomic E-state index is 15.4. The molecule has 0 aromatic carbocycles. The molecule has 22 heteroatoms. The van der Waals surface area contributed by atoms with Crippen molar-refractivity contribution in [1.82, 2.24) is 44.5 Å². The average molecular weight is 1270 g/mol. The van der Waals surface area contributed by atoms with Crippen molar-refractivity contribution in [1.29, 1.82) is 0 Å². The molecule has 510 valence electrons. The second-order valence-electron chi connectivity index (χ2n) is 28.4. The maximum absolute atomic E-state index is 15.4. The number of aliphatic hydroxyl groups excluding tert-OH is 1. The van der Waals surface area contributed by atoms with Crippen LogP contribution in [-0.2, 0) is 52.7 Å². The molecule has 2 aliphatic rings. The van der Waals surface area contributed by atoms with Crippen LogP contribution in [0.1, 0.15) is 169 Å². The topological polar surface area (TPSA) is 246 Å². The molecular formula is C67H119N9O12S. The monoisotopic (exact) mass is 1270 g/mol. The number of likely N-dealkylation sites (N-methyl/N-ethyl adjacent to an activating group) is 7. The standard InChI is InChI=1S/C67H119N9O12S/c1-25-48-36-55(79)58(59(80)44(14)26-27-76-28-30-89-31-29-76)75(24)67(88)57(43(12)13)74(23)65(86)52(34-40(6)7)72(21)66(87)56(42(10)11)73(22)61(82)46(16)68-60(81)45(15)35-53(77)50(32-38(2)3)71(20)64(85)49(41(8)9)37-54(78)51(33-39(4)5)70(19)62(83)47(17)69(18)63(48)84/h38-52,56-59,80H,25-37H2,1-24H3,(H,68,81)/t44-,45+,46+,47-,48+,49-,50-,51+,52-,56?,57-,58+,59-/m1/s1.